The van der Waals surface area contributed by atoms with Crippen molar-refractivity contribution < 1.29 is 8.42 Å². The summed E-state index contributed by atoms with van der Waals surface area (Å²) in [6.45, 7) is 4.96. The van der Waals surface area contributed by atoms with Gasteiger partial charge in [0.05, 0.1) is 11.7 Å². The highest BCUT2D eigenvalue weighted by Gasteiger charge is 2.48. The number of hydrazine groups is 1. The molecule has 2 aromatic rings. The predicted molar refractivity (Wildman–Crippen MR) is 151 cm³/mol. The van der Waals surface area contributed by atoms with Gasteiger partial charge in [-0.05, 0) is 70.4 Å². The number of pyridine rings is 2. The molecule has 6 rings (SSSR count). The van der Waals surface area contributed by atoms with Crippen LogP contribution in [0.25, 0.3) is 10.9 Å². The first kappa shape index (κ1) is 26.2. The quantitative estimate of drug-likeness (QED) is 0.400. The number of anilines is 2. The number of hydrogen-bond donors (Lipinski definition) is 4. The van der Waals surface area contributed by atoms with E-state index in [2.05, 4.69) is 46.4 Å². The summed E-state index contributed by atoms with van der Waals surface area (Å²) in [7, 11) is -3.46. The molecule has 4 N–H and O–H groups in total. The van der Waals surface area contributed by atoms with Gasteiger partial charge in [0, 0.05) is 54.4 Å². The summed E-state index contributed by atoms with van der Waals surface area (Å²) in [5, 5.41) is 8.22. The minimum atomic E-state index is -3.46. The average Bonchev–Trinajstić information content (AvgIpc) is 3.53. The lowest BCUT2D eigenvalue weighted by Gasteiger charge is -2.49. The van der Waals surface area contributed by atoms with E-state index < -0.39 is 10.2 Å². The van der Waals surface area contributed by atoms with Crippen molar-refractivity contribution in [2.45, 2.75) is 114 Å². The van der Waals surface area contributed by atoms with Crippen molar-refractivity contribution in [2.24, 2.45) is 0 Å². The maximum atomic E-state index is 14.0. The number of piperidine rings is 2. The lowest BCUT2D eigenvalue weighted by Crippen LogP contribution is -2.60. The summed E-state index contributed by atoms with van der Waals surface area (Å²) in [6, 6.07) is 6.79. The van der Waals surface area contributed by atoms with Gasteiger partial charge in [0.25, 0.3) is 10.2 Å². The normalized spacial score (nSPS) is 32.6. The molecule has 11 heteroatoms. The van der Waals surface area contributed by atoms with Gasteiger partial charge < -0.3 is 10.6 Å². The van der Waals surface area contributed by atoms with Crippen LogP contribution < -0.4 is 21.5 Å². The van der Waals surface area contributed by atoms with E-state index in [9.17, 15) is 8.42 Å². The van der Waals surface area contributed by atoms with Crippen molar-refractivity contribution in [1.29, 1.82) is 0 Å². The average molecular weight is 543 g/mol. The first-order valence-electron chi connectivity index (χ1n) is 14.5. The first-order chi connectivity index (χ1) is 18.4. The Labute approximate surface area is 226 Å². The minimum Gasteiger partial charge on any atom is -0.367 e. The second kappa shape index (κ2) is 10.8. The van der Waals surface area contributed by atoms with E-state index in [0.717, 1.165) is 86.7 Å². The van der Waals surface area contributed by atoms with Gasteiger partial charge in [-0.25, -0.2) is 10.4 Å². The van der Waals surface area contributed by atoms with Gasteiger partial charge in [0.15, 0.2) is 0 Å². The summed E-state index contributed by atoms with van der Waals surface area (Å²) < 4.78 is 31.6. The zero-order valence-electron chi connectivity index (χ0n) is 22.6. The summed E-state index contributed by atoms with van der Waals surface area (Å²) in [4.78, 5) is 9.57. The second-order valence-corrected chi connectivity index (χ2v) is 13.4. The van der Waals surface area contributed by atoms with E-state index in [4.69, 9.17) is 4.98 Å². The van der Waals surface area contributed by atoms with Crippen molar-refractivity contribution in [3.05, 3.63) is 24.4 Å². The molecule has 4 unspecified atom stereocenters. The minimum absolute atomic E-state index is 0.0359. The Morgan fingerprint density at radius 1 is 1.08 bits per heavy atom. The highest BCUT2D eigenvalue weighted by molar-refractivity contribution is 7.86. The topological polar surface area (TPSA) is 115 Å². The second-order valence-electron chi connectivity index (χ2n) is 11.6. The van der Waals surface area contributed by atoms with E-state index in [1.165, 1.54) is 0 Å². The fourth-order valence-corrected chi connectivity index (χ4v) is 9.46. The Hall–Kier alpha value is -2.05. The van der Waals surface area contributed by atoms with Crippen molar-refractivity contribution in [2.75, 3.05) is 17.2 Å². The van der Waals surface area contributed by atoms with Gasteiger partial charge in [-0.2, -0.15) is 17.0 Å². The Morgan fingerprint density at radius 3 is 2.63 bits per heavy atom. The fourth-order valence-electron chi connectivity index (χ4n) is 7.13. The fraction of sp³-hybridized carbons (Fsp3) is 0.704. The first-order valence-corrected chi connectivity index (χ1v) is 15.9. The van der Waals surface area contributed by atoms with Crippen LogP contribution in [0.2, 0.25) is 0 Å². The number of nitrogens with one attached hydrogen (secondary N) is 4. The Kier molecular flexibility index (Phi) is 7.47. The van der Waals surface area contributed by atoms with Crippen LogP contribution in [-0.2, 0) is 10.2 Å². The van der Waals surface area contributed by atoms with Crippen LogP contribution in [0.4, 0.5) is 11.6 Å². The number of nitrogens with zero attached hydrogens (tertiary/aromatic N) is 4. The van der Waals surface area contributed by atoms with E-state index in [-0.39, 0.29) is 30.3 Å². The summed E-state index contributed by atoms with van der Waals surface area (Å²) in [5.74, 6) is 1.60. The molecule has 6 heterocycles. The molecular formula is C27H42N8O2S. The Balaban J connectivity index is 1.22. The van der Waals surface area contributed by atoms with E-state index in [1.54, 1.807) is 0 Å². The molecule has 0 aromatic carbocycles. The van der Waals surface area contributed by atoms with Crippen LogP contribution in [0.5, 0.6) is 0 Å². The predicted octanol–water partition coefficient (Wildman–Crippen LogP) is 3.56. The van der Waals surface area contributed by atoms with Crippen molar-refractivity contribution >= 4 is 32.7 Å². The molecule has 208 valence electrons. The van der Waals surface area contributed by atoms with Crippen LogP contribution in [0.3, 0.4) is 0 Å². The molecule has 0 spiro atoms. The van der Waals surface area contributed by atoms with Crippen molar-refractivity contribution in [3.63, 3.8) is 0 Å². The van der Waals surface area contributed by atoms with Crippen LogP contribution in [0.1, 0.15) is 78.1 Å². The third-order valence-electron chi connectivity index (χ3n) is 8.77. The standard InChI is InChI=1S/C27H42N8O2S/c1-3-7-20-10-6-13-34(20)38(36,37)35-21-8-4-9-22(35)16-19(15-21)29-27-23-11-5-12-28-24(23)17-25(31-27)30-26-14-18(2)32-33-26/h5,11-12,17-22,26,32-33H,3-4,6-10,13-16H2,1-2H3,(H2,29,30,31)/t18?,19?,20?,21-,22+,26?. The molecule has 4 aliphatic rings. The summed E-state index contributed by atoms with van der Waals surface area (Å²) in [5.41, 5.74) is 7.41. The SMILES string of the molecule is CCCC1CCCN1S(=O)(=O)N1[C@@H]2CCC[C@H]1CC(Nc1nc(NC3CC(C)NN3)cc3ncccc13)C2. The maximum absolute atomic E-state index is 14.0. The molecule has 0 amide bonds. The van der Waals surface area contributed by atoms with E-state index in [1.807, 2.05) is 26.9 Å². The number of rotatable bonds is 8. The monoisotopic (exact) mass is 542 g/mol. The molecule has 0 radical (unpaired) electrons. The third kappa shape index (κ3) is 5.11. The van der Waals surface area contributed by atoms with Crippen LogP contribution in [0, 0.1) is 0 Å². The maximum Gasteiger partial charge on any atom is 0.282 e. The molecule has 0 aliphatic carbocycles. The summed E-state index contributed by atoms with van der Waals surface area (Å²) >= 11 is 0. The zero-order valence-corrected chi connectivity index (χ0v) is 23.4. The molecular weight excluding hydrogens is 500 g/mol. The molecule has 0 saturated carbocycles. The molecule has 38 heavy (non-hydrogen) atoms. The Bertz CT molecular complexity index is 1230. The highest BCUT2D eigenvalue weighted by Crippen LogP contribution is 2.40. The van der Waals surface area contributed by atoms with Gasteiger partial charge in [0.1, 0.15) is 11.6 Å². The van der Waals surface area contributed by atoms with Crippen molar-refractivity contribution in [1.82, 2.24) is 29.4 Å². The Morgan fingerprint density at radius 2 is 1.89 bits per heavy atom. The molecule has 2 aromatic heterocycles. The lowest BCUT2D eigenvalue weighted by molar-refractivity contribution is 0.106. The van der Waals surface area contributed by atoms with Crippen molar-refractivity contribution in [3.8, 4) is 0 Å². The number of aromatic nitrogens is 2. The number of hydrogen-bond acceptors (Lipinski definition) is 8. The van der Waals surface area contributed by atoms with E-state index >= 15 is 0 Å². The lowest BCUT2D eigenvalue weighted by atomic mass is 9.84. The molecule has 4 saturated heterocycles. The van der Waals surface area contributed by atoms with Gasteiger partial charge in [0.2, 0.25) is 0 Å². The molecule has 10 nitrogen and oxygen atoms in total. The molecule has 6 atom stereocenters. The van der Waals surface area contributed by atoms with Crippen LogP contribution in [0.15, 0.2) is 24.4 Å². The van der Waals surface area contributed by atoms with Gasteiger partial charge >= 0.3 is 0 Å². The molecule has 2 bridgehead atoms. The van der Waals surface area contributed by atoms with Crippen LogP contribution >= 0.6 is 0 Å². The van der Waals surface area contributed by atoms with Gasteiger partial charge in [-0.1, -0.05) is 19.8 Å². The van der Waals surface area contributed by atoms with Gasteiger partial charge in [-0.15, -0.1) is 0 Å². The zero-order chi connectivity index (χ0) is 26.3. The van der Waals surface area contributed by atoms with Crippen LogP contribution in [-0.4, -0.2) is 69.9 Å². The van der Waals surface area contributed by atoms with Gasteiger partial charge in [-0.3, -0.25) is 10.4 Å². The smallest absolute Gasteiger partial charge is 0.282 e. The van der Waals surface area contributed by atoms with E-state index in [0.29, 0.717) is 12.6 Å². The third-order valence-corrected chi connectivity index (χ3v) is 11.0. The highest BCUT2D eigenvalue weighted by atomic mass is 32.2. The summed E-state index contributed by atoms with van der Waals surface area (Å²) in [6.07, 6.45) is 11.3. The number of fused-ring (bicyclic) bond motifs is 3. The molecule has 4 aliphatic heterocycles. The molecule has 4 fully saturated rings. The largest absolute Gasteiger partial charge is 0.367 e.